The van der Waals surface area contributed by atoms with E-state index in [1.807, 2.05) is 42.5 Å². The molecule has 0 amide bonds. The molecule has 0 aromatic heterocycles. The molecule has 294 valence electrons. The van der Waals surface area contributed by atoms with Crippen molar-refractivity contribution in [3.63, 3.8) is 0 Å². The maximum atomic E-state index is 15.3. The Bertz CT molecular complexity index is 3000. The summed E-state index contributed by atoms with van der Waals surface area (Å²) >= 11 is 0. The molecule has 0 N–H and O–H groups in total. The second-order valence-electron chi connectivity index (χ2n) is 15.4. The number of carbonyl (C=O) groups is 1. The van der Waals surface area contributed by atoms with Crippen LogP contribution >= 0.6 is 0 Å². The van der Waals surface area contributed by atoms with Crippen molar-refractivity contribution in [2.45, 2.75) is 0 Å². The number of allylic oxidation sites excluding steroid dienone is 4. The van der Waals surface area contributed by atoms with Crippen LogP contribution in [0.25, 0.3) is 83.5 Å². The molecule has 0 saturated carbocycles. The van der Waals surface area contributed by atoms with E-state index >= 15 is 4.79 Å². The highest BCUT2D eigenvalue weighted by Gasteiger charge is 2.18. The first-order chi connectivity index (χ1) is 30.5. The van der Waals surface area contributed by atoms with E-state index in [-0.39, 0.29) is 5.78 Å². The third-order valence-corrected chi connectivity index (χ3v) is 11.3. The summed E-state index contributed by atoms with van der Waals surface area (Å²) in [5, 5.41) is 0. The lowest BCUT2D eigenvalue weighted by Gasteiger charge is -2.15. The maximum Gasteiger partial charge on any atom is 0.193 e. The molecule has 0 unspecified atom stereocenters. The van der Waals surface area contributed by atoms with E-state index in [1.54, 1.807) is 6.08 Å². The molecule has 9 rings (SSSR count). The number of ketones is 1. The van der Waals surface area contributed by atoms with E-state index in [2.05, 4.69) is 207 Å². The fourth-order valence-corrected chi connectivity index (χ4v) is 8.16. The van der Waals surface area contributed by atoms with Gasteiger partial charge < -0.3 is 0 Å². The molecule has 0 atom stereocenters. The third-order valence-electron chi connectivity index (χ3n) is 11.3. The summed E-state index contributed by atoms with van der Waals surface area (Å²) in [4.78, 5) is 15.3. The number of hydrogen-bond donors (Lipinski definition) is 0. The Hall–Kier alpha value is -8.13. The van der Waals surface area contributed by atoms with Crippen LogP contribution in [-0.4, -0.2) is 5.78 Å². The van der Waals surface area contributed by atoms with Crippen molar-refractivity contribution < 1.29 is 4.79 Å². The smallest absolute Gasteiger partial charge is 0.193 e. The van der Waals surface area contributed by atoms with E-state index in [4.69, 9.17) is 0 Å². The van der Waals surface area contributed by atoms with Crippen LogP contribution in [0.1, 0.15) is 21.5 Å². The summed E-state index contributed by atoms with van der Waals surface area (Å²) in [7, 11) is 0. The molecule has 62 heavy (non-hydrogen) atoms. The van der Waals surface area contributed by atoms with Gasteiger partial charge in [0.05, 0.1) is 0 Å². The SMILES string of the molecule is C=C/C=C(\C=C)c1cccc(-c2cc(C(=O)c3cc(-c4cccc(-c5ccccc5)c4)cc(-c4cccc(-c5ccccc5)c4)c3)cc(-c3cccc(-c4ccccc4)c3)c2)c1. The first kappa shape index (κ1) is 39.3. The van der Waals surface area contributed by atoms with Crippen LogP contribution in [0.3, 0.4) is 0 Å². The molecular formula is C61H44O. The largest absolute Gasteiger partial charge is 0.289 e. The Morgan fingerprint density at radius 2 is 0.565 bits per heavy atom. The highest BCUT2D eigenvalue weighted by Crippen LogP contribution is 2.36. The summed E-state index contributed by atoms with van der Waals surface area (Å²) in [6.45, 7) is 7.97. The molecule has 0 saturated heterocycles. The first-order valence-electron chi connectivity index (χ1n) is 20.9. The number of rotatable bonds is 12. The fourth-order valence-electron chi connectivity index (χ4n) is 8.16. The minimum absolute atomic E-state index is 0.0525. The molecule has 9 aromatic rings. The lowest BCUT2D eigenvalue weighted by atomic mass is 9.88. The Morgan fingerprint density at radius 1 is 0.290 bits per heavy atom. The minimum atomic E-state index is -0.0525. The molecule has 9 aromatic carbocycles. The highest BCUT2D eigenvalue weighted by molar-refractivity contribution is 6.11. The Balaban J connectivity index is 1.21. The predicted molar refractivity (Wildman–Crippen MR) is 263 cm³/mol. The average Bonchev–Trinajstić information content (AvgIpc) is 3.36. The van der Waals surface area contributed by atoms with Gasteiger partial charge in [-0.25, -0.2) is 0 Å². The monoisotopic (exact) mass is 792 g/mol. The zero-order valence-corrected chi connectivity index (χ0v) is 34.4. The van der Waals surface area contributed by atoms with Crippen molar-refractivity contribution in [3.05, 3.63) is 273 Å². The lowest BCUT2D eigenvalue weighted by molar-refractivity contribution is 0.103. The number of benzene rings is 9. The van der Waals surface area contributed by atoms with Crippen LogP contribution in [-0.2, 0) is 0 Å². The number of hydrogen-bond acceptors (Lipinski definition) is 1. The van der Waals surface area contributed by atoms with Gasteiger partial charge in [-0.3, -0.25) is 4.79 Å². The second kappa shape index (κ2) is 18.0. The fraction of sp³-hybridized carbons (Fsp3) is 0. The molecule has 0 bridgehead atoms. The average molecular weight is 793 g/mol. The van der Waals surface area contributed by atoms with Crippen LogP contribution in [0.4, 0.5) is 0 Å². The van der Waals surface area contributed by atoms with E-state index in [0.29, 0.717) is 11.1 Å². The van der Waals surface area contributed by atoms with E-state index in [0.717, 1.165) is 89.0 Å². The van der Waals surface area contributed by atoms with Gasteiger partial charge in [-0.1, -0.05) is 195 Å². The summed E-state index contributed by atoms with van der Waals surface area (Å²) in [5.74, 6) is -0.0525. The normalized spacial score (nSPS) is 11.2. The van der Waals surface area contributed by atoms with Crippen molar-refractivity contribution in [2.24, 2.45) is 0 Å². The van der Waals surface area contributed by atoms with Crippen LogP contribution < -0.4 is 0 Å². The van der Waals surface area contributed by atoms with E-state index < -0.39 is 0 Å². The van der Waals surface area contributed by atoms with Crippen molar-refractivity contribution in [1.82, 2.24) is 0 Å². The zero-order chi connectivity index (χ0) is 42.3. The minimum Gasteiger partial charge on any atom is -0.289 e. The summed E-state index contributed by atoms with van der Waals surface area (Å²) in [5.41, 5.74) is 17.9. The molecule has 1 nitrogen and oxygen atoms in total. The highest BCUT2D eigenvalue weighted by atomic mass is 16.1. The molecule has 0 radical (unpaired) electrons. The maximum absolute atomic E-state index is 15.3. The summed E-state index contributed by atoms with van der Waals surface area (Å²) in [6, 6.07) is 77.9. The molecule has 0 heterocycles. The van der Waals surface area contributed by atoms with Gasteiger partial charge in [-0.2, -0.15) is 0 Å². The van der Waals surface area contributed by atoms with Crippen LogP contribution in [0, 0.1) is 0 Å². The van der Waals surface area contributed by atoms with Gasteiger partial charge in [0.25, 0.3) is 0 Å². The number of carbonyl (C=O) groups excluding carboxylic acids is 1. The predicted octanol–water partition coefficient (Wildman–Crippen LogP) is 16.3. The van der Waals surface area contributed by atoms with Gasteiger partial charge in [-0.05, 0) is 150 Å². The van der Waals surface area contributed by atoms with Gasteiger partial charge in [0.15, 0.2) is 5.78 Å². The summed E-state index contributed by atoms with van der Waals surface area (Å²) in [6.07, 6.45) is 5.58. The van der Waals surface area contributed by atoms with Gasteiger partial charge in [-0.15, -0.1) is 0 Å². The zero-order valence-electron chi connectivity index (χ0n) is 34.4. The quantitative estimate of drug-likeness (QED) is 0.0889. The lowest BCUT2D eigenvalue weighted by Crippen LogP contribution is -2.03. The van der Waals surface area contributed by atoms with Crippen LogP contribution in [0.15, 0.2) is 256 Å². The van der Waals surface area contributed by atoms with Crippen molar-refractivity contribution in [3.8, 4) is 77.9 Å². The Morgan fingerprint density at radius 3 is 0.903 bits per heavy atom. The molecule has 0 aliphatic carbocycles. The topological polar surface area (TPSA) is 17.1 Å². The van der Waals surface area contributed by atoms with E-state index in [9.17, 15) is 0 Å². The van der Waals surface area contributed by atoms with Crippen LogP contribution in [0.2, 0.25) is 0 Å². The van der Waals surface area contributed by atoms with E-state index in [1.165, 1.54) is 0 Å². The Labute approximate surface area is 365 Å². The van der Waals surface area contributed by atoms with Crippen molar-refractivity contribution in [1.29, 1.82) is 0 Å². The summed E-state index contributed by atoms with van der Waals surface area (Å²) < 4.78 is 0. The standard InChI is InChI=1S/C61H44O/c1-3-18-43(4-2)47-25-14-29-51(33-47)55-37-56(52-30-15-26-48(34-52)44-19-8-5-9-20-44)40-59(39-55)61(62)60-41-57(53-31-16-27-49(35-53)45-21-10-6-11-22-45)38-58(42-60)54-32-17-28-50(36-54)46-23-12-7-13-24-46/h3-42H,1-2H2/b43-18+. The Kier molecular flexibility index (Phi) is 11.4. The van der Waals surface area contributed by atoms with Crippen molar-refractivity contribution in [2.75, 3.05) is 0 Å². The first-order valence-corrected chi connectivity index (χ1v) is 20.9. The van der Waals surface area contributed by atoms with Gasteiger partial charge in [0, 0.05) is 11.1 Å². The molecular weight excluding hydrogens is 749 g/mol. The van der Waals surface area contributed by atoms with Gasteiger partial charge in [0.1, 0.15) is 0 Å². The van der Waals surface area contributed by atoms with Crippen LogP contribution in [0.5, 0.6) is 0 Å². The molecule has 1 heteroatoms. The van der Waals surface area contributed by atoms with Gasteiger partial charge >= 0.3 is 0 Å². The van der Waals surface area contributed by atoms with Crippen molar-refractivity contribution >= 4 is 11.4 Å². The second-order valence-corrected chi connectivity index (χ2v) is 15.4. The molecule has 0 aliphatic heterocycles. The van der Waals surface area contributed by atoms with Gasteiger partial charge in [0.2, 0.25) is 0 Å². The molecule has 0 fully saturated rings. The molecule has 0 aliphatic rings. The molecule has 0 spiro atoms. The third kappa shape index (κ3) is 8.61.